The zero-order valence-electron chi connectivity index (χ0n) is 10.7. The molecule has 2 N–H and O–H groups in total. The van der Waals surface area contributed by atoms with Crippen molar-refractivity contribution >= 4 is 5.91 Å². The van der Waals surface area contributed by atoms with Crippen molar-refractivity contribution in [1.29, 1.82) is 0 Å². The first-order valence-corrected chi connectivity index (χ1v) is 6.32. The standard InChI is InChI=1S/C13H26N2O/c1-4-7-8-12(6-3)10-15-13(16)11-14-9-5-2/h5,12,14H,2,4,6-11H2,1,3H3,(H,15,16). The van der Waals surface area contributed by atoms with Crippen LogP contribution in [0.2, 0.25) is 0 Å². The van der Waals surface area contributed by atoms with Crippen LogP contribution in [0.4, 0.5) is 0 Å². The summed E-state index contributed by atoms with van der Waals surface area (Å²) in [5, 5.41) is 5.96. The van der Waals surface area contributed by atoms with Gasteiger partial charge in [-0.3, -0.25) is 4.79 Å². The number of carbonyl (C=O) groups is 1. The van der Waals surface area contributed by atoms with Crippen molar-refractivity contribution in [3.8, 4) is 0 Å². The first-order valence-electron chi connectivity index (χ1n) is 6.32. The fourth-order valence-corrected chi connectivity index (χ4v) is 1.55. The van der Waals surface area contributed by atoms with E-state index < -0.39 is 0 Å². The highest BCUT2D eigenvalue weighted by atomic mass is 16.1. The van der Waals surface area contributed by atoms with Crippen molar-refractivity contribution in [1.82, 2.24) is 10.6 Å². The molecule has 0 aliphatic rings. The van der Waals surface area contributed by atoms with Crippen molar-refractivity contribution in [3.63, 3.8) is 0 Å². The van der Waals surface area contributed by atoms with Gasteiger partial charge < -0.3 is 10.6 Å². The Labute approximate surface area is 99.7 Å². The van der Waals surface area contributed by atoms with E-state index in [9.17, 15) is 4.79 Å². The number of carbonyl (C=O) groups excluding carboxylic acids is 1. The molecule has 1 amide bonds. The fraction of sp³-hybridized carbons (Fsp3) is 0.769. The molecule has 0 saturated heterocycles. The van der Waals surface area contributed by atoms with Gasteiger partial charge in [-0.1, -0.05) is 39.2 Å². The van der Waals surface area contributed by atoms with Crippen LogP contribution in [-0.4, -0.2) is 25.5 Å². The molecular formula is C13H26N2O. The summed E-state index contributed by atoms with van der Waals surface area (Å²) in [7, 11) is 0. The SMILES string of the molecule is C=CCNCC(=O)NCC(CC)CCCC. The van der Waals surface area contributed by atoms with Crippen molar-refractivity contribution < 1.29 is 4.79 Å². The molecule has 0 saturated carbocycles. The highest BCUT2D eigenvalue weighted by molar-refractivity contribution is 5.77. The molecule has 1 atom stereocenters. The highest BCUT2D eigenvalue weighted by Crippen LogP contribution is 2.10. The minimum absolute atomic E-state index is 0.0804. The Hall–Kier alpha value is -0.830. The topological polar surface area (TPSA) is 41.1 Å². The van der Waals surface area contributed by atoms with E-state index in [1.165, 1.54) is 19.3 Å². The van der Waals surface area contributed by atoms with Crippen LogP contribution in [0.15, 0.2) is 12.7 Å². The van der Waals surface area contributed by atoms with E-state index in [-0.39, 0.29) is 5.91 Å². The van der Waals surface area contributed by atoms with Gasteiger partial charge in [0.1, 0.15) is 0 Å². The molecule has 0 heterocycles. The van der Waals surface area contributed by atoms with Gasteiger partial charge in [-0.25, -0.2) is 0 Å². The van der Waals surface area contributed by atoms with E-state index in [1.807, 2.05) is 0 Å². The maximum Gasteiger partial charge on any atom is 0.233 e. The van der Waals surface area contributed by atoms with Gasteiger partial charge in [-0.15, -0.1) is 6.58 Å². The lowest BCUT2D eigenvalue weighted by atomic mass is 9.99. The average Bonchev–Trinajstić information content (AvgIpc) is 2.30. The molecule has 3 heteroatoms. The first-order chi connectivity index (χ1) is 7.74. The lowest BCUT2D eigenvalue weighted by Gasteiger charge is -2.15. The van der Waals surface area contributed by atoms with Gasteiger partial charge >= 0.3 is 0 Å². The lowest BCUT2D eigenvalue weighted by molar-refractivity contribution is -0.120. The maximum atomic E-state index is 11.4. The van der Waals surface area contributed by atoms with Crippen molar-refractivity contribution in [2.75, 3.05) is 19.6 Å². The quantitative estimate of drug-likeness (QED) is 0.442. The van der Waals surface area contributed by atoms with Crippen LogP contribution in [0.5, 0.6) is 0 Å². The number of nitrogens with one attached hydrogen (secondary N) is 2. The summed E-state index contributed by atoms with van der Waals surface area (Å²) in [6, 6.07) is 0. The van der Waals surface area contributed by atoms with E-state index in [2.05, 4.69) is 31.1 Å². The minimum atomic E-state index is 0.0804. The van der Waals surface area contributed by atoms with Crippen LogP contribution in [0.25, 0.3) is 0 Å². The molecule has 0 aliphatic heterocycles. The Morgan fingerprint density at radius 2 is 2.19 bits per heavy atom. The molecule has 0 aromatic rings. The van der Waals surface area contributed by atoms with Crippen LogP contribution < -0.4 is 10.6 Å². The fourth-order valence-electron chi connectivity index (χ4n) is 1.55. The van der Waals surface area contributed by atoms with Crippen LogP contribution in [-0.2, 0) is 4.79 Å². The molecule has 0 bridgehead atoms. The Balaban J connectivity index is 3.57. The van der Waals surface area contributed by atoms with Gasteiger partial charge in [-0.05, 0) is 12.3 Å². The summed E-state index contributed by atoms with van der Waals surface area (Å²) >= 11 is 0. The summed E-state index contributed by atoms with van der Waals surface area (Å²) < 4.78 is 0. The van der Waals surface area contributed by atoms with Crippen LogP contribution in [0.1, 0.15) is 39.5 Å². The Bertz CT molecular complexity index is 192. The van der Waals surface area contributed by atoms with Gasteiger partial charge in [0.25, 0.3) is 0 Å². The molecule has 0 rings (SSSR count). The first kappa shape index (κ1) is 15.2. The van der Waals surface area contributed by atoms with E-state index >= 15 is 0 Å². The maximum absolute atomic E-state index is 11.4. The Morgan fingerprint density at radius 3 is 2.75 bits per heavy atom. The Morgan fingerprint density at radius 1 is 1.44 bits per heavy atom. The molecule has 0 radical (unpaired) electrons. The number of hydrogen-bond donors (Lipinski definition) is 2. The summed E-state index contributed by atoms with van der Waals surface area (Å²) in [5.74, 6) is 0.708. The third-order valence-electron chi connectivity index (χ3n) is 2.71. The molecule has 0 aromatic carbocycles. The van der Waals surface area contributed by atoms with Crippen molar-refractivity contribution in [3.05, 3.63) is 12.7 Å². The molecule has 0 spiro atoms. The lowest BCUT2D eigenvalue weighted by Crippen LogP contribution is -2.36. The van der Waals surface area contributed by atoms with Crippen molar-refractivity contribution in [2.45, 2.75) is 39.5 Å². The summed E-state index contributed by atoms with van der Waals surface area (Å²) in [6.45, 7) is 9.84. The molecule has 94 valence electrons. The van der Waals surface area contributed by atoms with Gasteiger partial charge in [0, 0.05) is 13.1 Å². The molecule has 0 aliphatic carbocycles. The van der Waals surface area contributed by atoms with E-state index in [0.29, 0.717) is 19.0 Å². The second kappa shape index (κ2) is 10.7. The van der Waals surface area contributed by atoms with E-state index in [4.69, 9.17) is 0 Å². The monoisotopic (exact) mass is 226 g/mol. The predicted molar refractivity (Wildman–Crippen MR) is 69.4 cm³/mol. The number of unbranched alkanes of at least 4 members (excludes halogenated alkanes) is 1. The third-order valence-corrected chi connectivity index (χ3v) is 2.71. The number of hydrogen-bond acceptors (Lipinski definition) is 2. The van der Waals surface area contributed by atoms with Gasteiger partial charge in [0.2, 0.25) is 5.91 Å². The smallest absolute Gasteiger partial charge is 0.233 e. The van der Waals surface area contributed by atoms with Crippen LogP contribution in [0, 0.1) is 5.92 Å². The molecule has 1 unspecified atom stereocenters. The van der Waals surface area contributed by atoms with Crippen LogP contribution in [0.3, 0.4) is 0 Å². The summed E-state index contributed by atoms with van der Waals surface area (Å²) in [4.78, 5) is 11.4. The third kappa shape index (κ3) is 8.48. The normalized spacial score (nSPS) is 12.1. The molecule has 16 heavy (non-hydrogen) atoms. The minimum Gasteiger partial charge on any atom is -0.355 e. The summed E-state index contributed by atoms with van der Waals surface area (Å²) in [6.07, 6.45) is 6.59. The van der Waals surface area contributed by atoms with Gasteiger partial charge in [-0.2, -0.15) is 0 Å². The second-order valence-electron chi connectivity index (χ2n) is 4.14. The zero-order valence-corrected chi connectivity index (χ0v) is 10.7. The molecular weight excluding hydrogens is 200 g/mol. The largest absolute Gasteiger partial charge is 0.355 e. The van der Waals surface area contributed by atoms with E-state index in [1.54, 1.807) is 6.08 Å². The average molecular weight is 226 g/mol. The van der Waals surface area contributed by atoms with Crippen LogP contribution >= 0.6 is 0 Å². The number of amides is 1. The van der Waals surface area contributed by atoms with E-state index in [0.717, 1.165) is 13.0 Å². The predicted octanol–water partition coefficient (Wildman–Crippen LogP) is 2.09. The number of rotatable bonds is 10. The molecule has 3 nitrogen and oxygen atoms in total. The van der Waals surface area contributed by atoms with Crippen molar-refractivity contribution in [2.24, 2.45) is 5.92 Å². The van der Waals surface area contributed by atoms with Gasteiger partial charge in [0.15, 0.2) is 0 Å². The molecule has 0 fully saturated rings. The second-order valence-corrected chi connectivity index (χ2v) is 4.14. The Kier molecular flexibility index (Phi) is 10.1. The highest BCUT2D eigenvalue weighted by Gasteiger charge is 2.07. The molecule has 0 aromatic heterocycles. The zero-order chi connectivity index (χ0) is 12.2. The van der Waals surface area contributed by atoms with Gasteiger partial charge in [0.05, 0.1) is 6.54 Å². The summed E-state index contributed by atoms with van der Waals surface area (Å²) in [5.41, 5.74) is 0.